The number of primary amides is 1. The number of nitrogens with one attached hydrogen (secondary N) is 10. The highest BCUT2D eigenvalue weighted by molar-refractivity contribution is 6.32. The Morgan fingerprint density at radius 1 is 0.720 bits per heavy atom. The summed E-state index contributed by atoms with van der Waals surface area (Å²) < 4.78 is 60.1. The number of rotatable bonds is 23. The number of ether oxygens (including phenoxy) is 7. The molecule has 18 atom stereocenters. The van der Waals surface area contributed by atoms with Crippen molar-refractivity contribution in [1.29, 1.82) is 0 Å². The van der Waals surface area contributed by atoms with E-state index in [1.165, 1.54) is 53.9 Å². The number of likely N-dealkylation sites (N-methyl/N-ethyl adjacent to an activating group) is 1. The number of anilines is 1. The maximum Gasteiger partial charge on any atom is 0.349 e. The Labute approximate surface area is 765 Å². The van der Waals surface area contributed by atoms with Crippen molar-refractivity contribution in [2.75, 3.05) is 58.4 Å². The average molecular weight is 1900 g/mol. The van der Waals surface area contributed by atoms with Crippen molar-refractivity contribution in [2.45, 2.75) is 169 Å². The lowest BCUT2D eigenvalue weighted by Crippen LogP contribution is -2.65. The number of hydroxylamine groups is 1. The van der Waals surface area contributed by atoms with E-state index in [9.17, 15) is 79.1 Å². The summed E-state index contributed by atoms with van der Waals surface area (Å²) in [6.07, 6.45) is -18.8. The first-order chi connectivity index (χ1) is 62.8. The highest BCUT2D eigenvalue weighted by Gasteiger charge is 2.53. The molecule has 0 aliphatic carbocycles. The number of hydrogen-bond acceptors (Lipinski definition) is 31. The number of aliphatic hydroxyl groups is 6. The lowest BCUT2D eigenvalue weighted by molar-refractivity contribution is -0.334. The Bertz CT molecular complexity index is 5640. The van der Waals surface area contributed by atoms with Crippen LogP contribution in [-0.2, 0) is 84.7 Å². The van der Waals surface area contributed by atoms with Crippen LogP contribution in [0, 0.1) is 11.7 Å². The van der Waals surface area contributed by atoms with Gasteiger partial charge in [0.2, 0.25) is 59.3 Å². The van der Waals surface area contributed by atoms with Gasteiger partial charge in [0, 0.05) is 61.5 Å². The zero-order valence-corrected chi connectivity index (χ0v) is 73.3. The Kier molecular flexibility index (Phi) is 30.9. The molecule has 42 nitrogen and oxygen atoms in total. The molecule has 15 rings (SSSR count). The zero-order chi connectivity index (χ0) is 95.2. The van der Waals surface area contributed by atoms with Gasteiger partial charge >= 0.3 is 5.69 Å². The Morgan fingerprint density at radius 2 is 1.38 bits per heavy atom. The minimum absolute atomic E-state index is 0.0725. The van der Waals surface area contributed by atoms with Crippen LogP contribution < -0.4 is 79.0 Å². The van der Waals surface area contributed by atoms with Gasteiger partial charge in [-0.1, -0.05) is 72.9 Å². The van der Waals surface area contributed by atoms with Crippen LogP contribution in [0.2, 0.25) is 15.1 Å². The van der Waals surface area contributed by atoms with Crippen molar-refractivity contribution >= 4 is 99.7 Å². The van der Waals surface area contributed by atoms with Gasteiger partial charge in [0.25, 0.3) is 11.8 Å². The van der Waals surface area contributed by atoms with E-state index in [4.69, 9.17) is 78.5 Å². The molecular formula is C86H96Cl3FN14O28. The number of amides is 10. The second-order valence-electron chi connectivity index (χ2n) is 32.7. The quantitative estimate of drug-likeness (QED) is 0.0394. The van der Waals surface area contributed by atoms with E-state index in [1.54, 1.807) is 20.8 Å². The van der Waals surface area contributed by atoms with Gasteiger partial charge in [0.15, 0.2) is 30.5 Å². The van der Waals surface area contributed by atoms with Crippen LogP contribution in [0.15, 0.2) is 114 Å². The van der Waals surface area contributed by atoms with Crippen molar-refractivity contribution in [1.82, 2.24) is 62.5 Å². The Morgan fingerprint density at radius 3 is 2.02 bits per heavy atom. The number of aromatic hydroxyl groups is 3. The maximum absolute atomic E-state index is 16.4. The molecule has 11 bridgehead atoms. The van der Waals surface area contributed by atoms with E-state index in [1.807, 2.05) is 0 Å². The van der Waals surface area contributed by atoms with Gasteiger partial charge in [-0.2, -0.15) is 4.98 Å². The fraction of sp³-hybridized carbons (Fsp3) is 0.419. The number of carbonyl (C=O) groups excluding carboxylic acids is 10. The highest BCUT2D eigenvalue weighted by Crippen LogP contribution is 2.50. The molecule has 0 radical (unpaired) electrons. The van der Waals surface area contributed by atoms with Crippen LogP contribution >= 0.6 is 34.8 Å². The predicted octanol–water partition coefficient (Wildman–Crippen LogP) is 0.790. The number of carbonyl (C=O) groups is 10. The average Bonchev–Trinajstić information content (AvgIpc) is 0.760. The van der Waals surface area contributed by atoms with Gasteiger partial charge in [0.1, 0.15) is 107 Å². The molecule has 21 N–H and O–H groups in total. The summed E-state index contributed by atoms with van der Waals surface area (Å²) in [5.41, 5.74) is 2.93. The second kappa shape index (κ2) is 41.8. The summed E-state index contributed by atoms with van der Waals surface area (Å²) in [6.45, 7) is 5.36. The van der Waals surface area contributed by atoms with Gasteiger partial charge in [-0.25, -0.2) is 14.7 Å². The molecule has 706 valence electrons. The first kappa shape index (κ1) is 97.5. The molecule has 0 spiro atoms. The molecule has 9 heterocycles. The Hall–Kier alpha value is -12.0. The number of hydrogen-bond donors (Lipinski definition) is 20. The molecule has 0 saturated carbocycles. The number of phenolic OH excluding ortho intramolecular Hbond substituents is 3. The first-order valence-electron chi connectivity index (χ1n) is 41.5. The van der Waals surface area contributed by atoms with Gasteiger partial charge in [-0.05, 0) is 139 Å². The summed E-state index contributed by atoms with van der Waals surface area (Å²) in [5, 5.41) is 130. The van der Waals surface area contributed by atoms with E-state index in [2.05, 4.69) is 58.3 Å². The number of aromatic nitrogens is 2. The lowest BCUT2D eigenvalue weighted by atomic mass is 9.85. The smallest absolute Gasteiger partial charge is 0.349 e. The zero-order valence-electron chi connectivity index (χ0n) is 71.0. The third-order valence-electron chi connectivity index (χ3n) is 22.9. The number of nitrogens with zero attached hydrogens (tertiary/aromatic N) is 3. The summed E-state index contributed by atoms with van der Waals surface area (Å²) >= 11 is 20.2. The van der Waals surface area contributed by atoms with Crippen LogP contribution in [0.5, 0.6) is 46.0 Å². The minimum Gasteiger partial charge on any atom is -0.508 e. The standard InChI is InChI=1S/C86H96Cl3FN14O28/c1-36(2)22-50(92-5)77(117)100-68-70(112)40-8-12-54(47(88)26-40)128-56-28-42-29-57(74(56)132-84-75(73(115)72(114)58(34-105)130-84)131-63-33-86(4,76(116)37(3)127-63)93-15-17-104-16-14-60(96-85(104)124)95-61(110)24-38-6-10-46(87)49(90)23-38)129-55-13-9-41(27-48(55)89)71(113)69-82(122)99-67(83(123)102-126-35-62(111)103-18-20-125-21-19-103)45-30-43(106)31-53(108)64(45)44-25-39(7-11-52(44)107)65(79(119)101-69)98-80(120)66(42)97-78(118)51(32-59(91)109)94-81(68)121/h6-14,16,23,25-31,36-37,50-51,58,63,65-73,75-76,84,92-93,105-108,112-116H,15,17-22,24,32-35H2,1-5H3,(H2,91,109)(H,94,121)(H,97,118)(H,98,120)(H,99,122)(H,100,117)(H,101,119)(H,102,123)(H,95,96,110,124). The van der Waals surface area contributed by atoms with E-state index in [0.29, 0.717) is 5.56 Å². The minimum atomic E-state index is -2.43. The van der Waals surface area contributed by atoms with Crippen molar-refractivity contribution < 1.29 is 136 Å². The maximum atomic E-state index is 16.4. The first-order valence-corrected chi connectivity index (χ1v) is 42.7. The number of aliphatic hydroxyl groups excluding tert-OH is 6. The number of halogens is 4. The van der Waals surface area contributed by atoms with E-state index in [-0.39, 0.29) is 86.5 Å². The fourth-order valence-electron chi connectivity index (χ4n) is 15.9. The second-order valence-corrected chi connectivity index (χ2v) is 33.9. The molecule has 3 saturated heterocycles. The van der Waals surface area contributed by atoms with Crippen molar-refractivity contribution in [3.8, 4) is 57.1 Å². The molecule has 8 aliphatic heterocycles. The highest BCUT2D eigenvalue weighted by atomic mass is 35.5. The molecule has 1 aromatic heterocycles. The molecule has 3 fully saturated rings. The van der Waals surface area contributed by atoms with Crippen LogP contribution in [0.4, 0.5) is 10.2 Å². The summed E-state index contributed by atoms with van der Waals surface area (Å²) in [4.78, 5) is 171. The van der Waals surface area contributed by atoms with Crippen molar-refractivity contribution in [3.63, 3.8) is 0 Å². The van der Waals surface area contributed by atoms with E-state index in [0.717, 1.165) is 78.9 Å². The van der Waals surface area contributed by atoms with Crippen molar-refractivity contribution in [2.24, 2.45) is 11.7 Å². The summed E-state index contributed by atoms with van der Waals surface area (Å²) in [5.74, 6) is -18.3. The topological polar surface area (TPSA) is 611 Å². The molecule has 6 aromatic carbocycles. The van der Waals surface area contributed by atoms with Gasteiger partial charge in [-0.15, -0.1) is 0 Å². The monoisotopic (exact) mass is 1900 g/mol. The summed E-state index contributed by atoms with van der Waals surface area (Å²) in [6, 6.07) is 4.03. The van der Waals surface area contributed by atoms with E-state index >= 15 is 24.0 Å². The third kappa shape index (κ3) is 22.3. The van der Waals surface area contributed by atoms with Crippen LogP contribution in [-0.4, -0.2) is 252 Å². The van der Waals surface area contributed by atoms with Gasteiger partial charge in [-0.3, -0.25) is 57.4 Å². The largest absolute Gasteiger partial charge is 0.508 e. The number of nitrogens with two attached hydrogens (primary N) is 1. The molecule has 8 aliphatic rings. The van der Waals surface area contributed by atoms with Gasteiger partial charge in [0.05, 0.1) is 66.0 Å². The molecule has 132 heavy (non-hydrogen) atoms. The number of phenols is 3. The van der Waals surface area contributed by atoms with Crippen LogP contribution in [0.3, 0.4) is 0 Å². The molecule has 18 unspecified atom stereocenters. The SMILES string of the molecule is CNC(CC(C)C)C(=O)NC1C(=O)NC(CC(N)=O)C(=O)NC2C(=O)NC3C(=O)NC(C(=O)NC(C(=O)NOCC(=O)N4CCOCC4)c4cc(O)cc(O)c4-c4cc3ccc4O)C(O)c3ccc(c(Cl)c3)Oc3cc2cc(c3OC2OC(CO)C(O)C(O)C2OC2CC(C)(NCCn3ccc(NC(=O)Cc4ccc(Cl)c(F)c4)nc3=O)C(O)C(C)O2)Oc2ccc(cc2Cl)C1O. The van der Waals surface area contributed by atoms with E-state index < -0.39 is 283 Å². The number of fused-ring (bicyclic) bond motifs is 15. The number of benzene rings is 6. The Balaban J connectivity index is 0.935. The van der Waals surface area contributed by atoms with Gasteiger partial charge < -0.3 is 138 Å². The third-order valence-corrected chi connectivity index (χ3v) is 23.8. The van der Waals surface area contributed by atoms with Crippen LogP contribution in [0.1, 0.15) is 111 Å². The lowest BCUT2D eigenvalue weighted by Gasteiger charge is -2.48. The molecular weight excluding hydrogens is 1800 g/mol. The molecule has 46 heteroatoms. The molecule has 7 aromatic rings. The normalized spacial score (nSPS) is 25.9. The van der Waals surface area contributed by atoms with Crippen LogP contribution in [0.25, 0.3) is 11.1 Å². The number of morpholine rings is 1. The molecule has 10 amide bonds. The summed E-state index contributed by atoms with van der Waals surface area (Å²) in [7, 11) is 1.46. The van der Waals surface area contributed by atoms with Crippen molar-refractivity contribution in [3.05, 3.63) is 174 Å². The predicted molar refractivity (Wildman–Crippen MR) is 459 cm³/mol. The fourth-order valence-corrected chi connectivity index (χ4v) is 16.5.